The predicted molar refractivity (Wildman–Crippen MR) is 120 cm³/mol. The van der Waals surface area contributed by atoms with E-state index in [9.17, 15) is 0 Å². The molecule has 3 heterocycles. The lowest BCUT2D eigenvalue weighted by Crippen LogP contribution is -2.32. The molecular formula is C26H31N2O+. The number of nitrogens with zero attached hydrogens (tertiary/aromatic N) is 2. The van der Waals surface area contributed by atoms with Crippen LogP contribution in [0.2, 0.25) is 0 Å². The fourth-order valence-electron chi connectivity index (χ4n) is 4.35. The van der Waals surface area contributed by atoms with Crippen LogP contribution in [0.5, 0.6) is 0 Å². The van der Waals surface area contributed by atoms with E-state index in [-0.39, 0.29) is 0 Å². The second-order valence-corrected chi connectivity index (χ2v) is 9.04. The summed E-state index contributed by atoms with van der Waals surface area (Å²) < 4.78 is 8.59. The maximum Gasteiger partial charge on any atom is 0.227 e. The van der Waals surface area contributed by atoms with Crippen molar-refractivity contribution in [2.75, 3.05) is 0 Å². The average molecular weight is 388 g/mol. The lowest BCUT2D eigenvalue weighted by Gasteiger charge is -2.15. The third-order valence-corrected chi connectivity index (χ3v) is 5.75. The lowest BCUT2D eigenvalue weighted by atomic mass is 9.91. The Hall–Kier alpha value is -2.68. The molecule has 3 nitrogen and oxygen atoms in total. The summed E-state index contributed by atoms with van der Waals surface area (Å²) in [6.45, 7) is 13.3. The number of hydrogen-bond acceptors (Lipinski definition) is 2. The van der Waals surface area contributed by atoms with Crippen LogP contribution in [0.3, 0.4) is 0 Å². The summed E-state index contributed by atoms with van der Waals surface area (Å²) in [5, 5.41) is 2.21. The number of rotatable bonds is 4. The van der Waals surface area contributed by atoms with Crippen molar-refractivity contribution in [3.05, 3.63) is 58.9 Å². The minimum absolute atomic E-state index is 0.475. The third-order valence-electron chi connectivity index (χ3n) is 5.75. The number of furan rings is 1. The standard InChI is InChI=1S/C26H31N2O/c1-15(2)12-19-14-28(7)23(13-22(19)16(3)4)24-17(5)8-10-20-21-11-9-18(6)27-26(21)29-25(20)24/h8-11,13-16H,12H2,1-7H3/q+1. The molecule has 0 aliphatic heterocycles. The van der Waals surface area contributed by atoms with Crippen LogP contribution in [0.4, 0.5) is 0 Å². The Bertz CT molecular complexity index is 1210. The highest BCUT2D eigenvalue weighted by molar-refractivity contribution is 6.08. The molecule has 0 radical (unpaired) electrons. The van der Waals surface area contributed by atoms with E-state index in [2.05, 4.69) is 87.7 Å². The molecule has 0 N–H and O–H groups in total. The van der Waals surface area contributed by atoms with Crippen LogP contribution in [-0.2, 0) is 13.5 Å². The highest BCUT2D eigenvalue weighted by Gasteiger charge is 2.24. The zero-order valence-corrected chi connectivity index (χ0v) is 18.6. The van der Waals surface area contributed by atoms with E-state index in [4.69, 9.17) is 4.42 Å². The van der Waals surface area contributed by atoms with Gasteiger partial charge >= 0.3 is 0 Å². The average Bonchev–Trinajstić information content (AvgIpc) is 2.99. The van der Waals surface area contributed by atoms with Gasteiger partial charge in [-0.15, -0.1) is 0 Å². The molecule has 3 aromatic heterocycles. The van der Waals surface area contributed by atoms with Crippen LogP contribution in [0.15, 0.2) is 40.9 Å². The van der Waals surface area contributed by atoms with Crippen molar-refractivity contribution in [3.8, 4) is 11.3 Å². The van der Waals surface area contributed by atoms with Crippen molar-refractivity contribution in [2.24, 2.45) is 13.0 Å². The Labute approximate surface area is 173 Å². The van der Waals surface area contributed by atoms with Gasteiger partial charge in [-0.2, -0.15) is 0 Å². The Morgan fingerprint density at radius 2 is 1.72 bits per heavy atom. The van der Waals surface area contributed by atoms with E-state index in [1.807, 2.05) is 6.92 Å². The molecule has 0 bridgehead atoms. The number of pyridine rings is 2. The molecule has 4 aromatic rings. The maximum absolute atomic E-state index is 6.33. The van der Waals surface area contributed by atoms with Crippen LogP contribution in [0.25, 0.3) is 33.3 Å². The van der Waals surface area contributed by atoms with Crippen molar-refractivity contribution >= 4 is 22.1 Å². The molecule has 0 aliphatic carbocycles. The molecule has 0 spiro atoms. The van der Waals surface area contributed by atoms with Gasteiger partial charge in [0.1, 0.15) is 7.05 Å². The molecule has 0 aliphatic rings. The summed E-state index contributed by atoms with van der Waals surface area (Å²) >= 11 is 0. The maximum atomic E-state index is 6.33. The highest BCUT2D eigenvalue weighted by atomic mass is 16.3. The van der Waals surface area contributed by atoms with Crippen LogP contribution >= 0.6 is 0 Å². The van der Waals surface area contributed by atoms with Crippen LogP contribution in [-0.4, -0.2) is 4.98 Å². The van der Waals surface area contributed by atoms with Gasteiger partial charge in [0.15, 0.2) is 11.8 Å². The Balaban J connectivity index is 2.02. The highest BCUT2D eigenvalue weighted by Crippen LogP contribution is 2.37. The summed E-state index contributed by atoms with van der Waals surface area (Å²) in [6.07, 6.45) is 3.41. The number of benzene rings is 1. The van der Waals surface area contributed by atoms with Gasteiger partial charge in [-0.3, -0.25) is 0 Å². The fourth-order valence-corrected chi connectivity index (χ4v) is 4.35. The molecule has 4 rings (SSSR count). The van der Waals surface area contributed by atoms with Gasteiger partial charge in [0, 0.05) is 28.1 Å². The molecule has 0 saturated carbocycles. The van der Waals surface area contributed by atoms with Gasteiger partial charge in [-0.25, -0.2) is 9.55 Å². The molecule has 0 atom stereocenters. The van der Waals surface area contributed by atoms with E-state index >= 15 is 0 Å². The van der Waals surface area contributed by atoms with Crippen LogP contribution < -0.4 is 4.57 Å². The quantitative estimate of drug-likeness (QED) is 0.379. The Morgan fingerprint density at radius 3 is 2.41 bits per heavy atom. The molecular weight excluding hydrogens is 356 g/mol. The van der Waals surface area contributed by atoms with E-state index in [1.165, 1.54) is 27.9 Å². The zero-order chi connectivity index (χ0) is 20.9. The van der Waals surface area contributed by atoms with Crippen molar-refractivity contribution in [2.45, 2.75) is 53.9 Å². The summed E-state index contributed by atoms with van der Waals surface area (Å²) in [4.78, 5) is 4.62. The SMILES string of the molecule is Cc1ccc2c(n1)oc1c(-c3cc(C(C)C)c(CC(C)C)c[n+]3C)c(C)ccc12. The fraction of sp³-hybridized carbons (Fsp3) is 0.385. The number of hydrogen-bond donors (Lipinski definition) is 0. The van der Waals surface area contributed by atoms with Gasteiger partial charge in [-0.1, -0.05) is 39.8 Å². The number of fused-ring (bicyclic) bond motifs is 3. The minimum Gasteiger partial charge on any atom is -0.437 e. The molecule has 0 fully saturated rings. The molecule has 0 unspecified atom stereocenters. The van der Waals surface area contributed by atoms with Crippen molar-refractivity contribution < 1.29 is 8.98 Å². The minimum atomic E-state index is 0.475. The topological polar surface area (TPSA) is 29.9 Å². The predicted octanol–water partition coefficient (Wildman–Crippen LogP) is 6.41. The third kappa shape index (κ3) is 3.43. The second kappa shape index (κ2) is 7.29. The first-order valence-corrected chi connectivity index (χ1v) is 10.6. The van der Waals surface area contributed by atoms with Crippen LogP contribution in [0.1, 0.15) is 56.0 Å². The Morgan fingerprint density at radius 1 is 1.00 bits per heavy atom. The van der Waals surface area contributed by atoms with Gasteiger partial charge in [0.25, 0.3) is 0 Å². The van der Waals surface area contributed by atoms with Crippen molar-refractivity contribution in [1.82, 2.24) is 4.98 Å². The first-order chi connectivity index (χ1) is 13.8. The molecule has 0 amide bonds. The van der Waals surface area contributed by atoms with Crippen LogP contribution in [0, 0.1) is 19.8 Å². The number of aryl methyl sites for hydroxylation is 3. The lowest BCUT2D eigenvalue weighted by molar-refractivity contribution is -0.660. The smallest absolute Gasteiger partial charge is 0.227 e. The van der Waals surface area contributed by atoms with Gasteiger partial charge in [0.05, 0.1) is 5.56 Å². The molecule has 150 valence electrons. The van der Waals surface area contributed by atoms with E-state index in [1.54, 1.807) is 0 Å². The van der Waals surface area contributed by atoms with Gasteiger partial charge < -0.3 is 4.42 Å². The summed E-state index contributed by atoms with van der Waals surface area (Å²) in [7, 11) is 2.15. The van der Waals surface area contributed by atoms with Gasteiger partial charge in [-0.05, 0) is 55.4 Å². The van der Waals surface area contributed by atoms with E-state index < -0.39 is 0 Å². The molecule has 29 heavy (non-hydrogen) atoms. The van der Waals surface area contributed by atoms with E-state index in [0.717, 1.165) is 34.2 Å². The van der Waals surface area contributed by atoms with E-state index in [0.29, 0.717) is 11.8 Å². The Kier molecular flexibility index (Phi) is 4.94. The van der Waals surface area contributed by atoms with Gasteiger partial charge in [0.2, 0.25) is 11.4 Å². The summed E-state index contributed by atoms with van der Waals surface area (Å²) in [5.74, 6) is 1.11. The molecule has 1 aromatic carbocycles. The normalized spacial score (nSPS) is 12.0. The van der Waals surface area contributed by atoms with Crippen molar-refractivity contribution in [1.29, 1.82) is 0 Å². The molecule has 3 heteroatoms. The zero-order valence-electron chi connectivity index (χ0n) is 18.6. The second-order valence-electron chi connectivity index (χ2n) is 9.04. The first kappa shape index (κ1) is 19.6. The monoisotopic (exact) mass is 387 g/mol. The largest absolute Gasteiger partial charge is 0.437 e. The van der Waals surface area contributed by atoms with Crippen molar-refractivity contribution in [3.63, 3.8) is 0 Å². The molecule has 0 saturated heterocycles. The summed E-state index contributed by atoms with van der Waals surface area (Å²) in [6, 6.07) is 10.9. The first-order valence-electron chi connectivity index (χ1n) is 10.6. The summed E-state index contributed by atoms with van der Waals surface area (Å²) in [5.41, 5.74) is 9.06. The number of aromatic nitrogens is 2.